The summed E-state index contributed by atoms with van der Waals surface area (Å²) in [6, 6.07) is 151. The Bertz CT molecular complexity index is 7750. The zero-order chi connectivity index (χ0) is 77.6. The Hall–Kier alpha value is -16.0. The van der Waals surface area contributed by atoms with Crippen LogP contribution in [0.25, 0.3) is 233 Å². The first-order valence-corrected chi connectivity index (χ1v) is 40.2. The molecule has 0 atom stereocenters. The van der Waals surface area contributed by atoms with Gasteiger partial charge in [-0.15, -0.1) is 0 Å². The largest absolute Gasteiger partial charge is 0.309 e. The van der Waals surface area contributed by atoms with Gasteiger partial charge in [-0.05, 0) is 247 Å². The Balaban J connectivity index is 0.759. The van der Waals surface area contributed by atoms with Crippen LogP contribution in [-0.4, -0.2) is 28.2 Å². The lowest BCUT2D eigenvalue weighted by molar-refractivity contribution is 1.13. The Morgan fingerprint density at radius 3 is 0.805 bits per heavy atom. The summed E-state index contributed by atoms with van der Waals surface area (Å²) in [6.07, 6.45) is 0. The van der Waals surface area contributed by atoms with Crippen molar-refractivity contribution in [1.82, 2.24) is 28.2 Å². The Morgan fingerprint density at radius 2 is 0.483 bits per heavy atom. The predicted molar refractivity (Wildman–Crippen MR) is 490 cm³/mol. The fraction of sp³-hybridized carbons (Fsp3) is 0. The minimum absolute atomic E-state index is 0.569. The highest BCUT2D eigenvalue weighted by molar-refractivity contribution is 6.19. The monoisotopic (exact) mass is 1500 g/mol. The normalized spacial score (nSPS) is 11.9. The molecule has 0 spiro atoms. The number of nitrogens with zero attached hydrogens (tertiary/aromatic N) is 7. The second-order valence-corrected chi connectivity index (χ2v) is 31.1. The molecule has 5 aromatic heterocycles. The van der Waals surface area contributed by atoms with Gasteiger partial charge in [0.15, 0.2) is 5.82 Å². The third-order valence-corrected chi connectivity index (χ3v) is 24.5. The van der Waals surface area contributed by atoms with Crippen molar-refractivity contribution in [3.05, 3.63) is 412 Å². The van der Waals surface area contributed by atoms with Gasteiger partial charge in [0, 0.05) is 88.1 Å². The Labute approximate surface area is 679 Å². The number of benzene rings is 18. The van der Waals surface area contributed by atoms with E-state index in [1.165, 1.54) is 43.8 Å². The summed E-state index contributed by atoms with van der Waals surface area (Å²) in [7, 11) is 0. The lowest BCUT2D eigenvalue weighted by atomic mass is 9.98. The van der Waals surface area contributed by atoms with Gasteiger partial charge in [0.2, 0.25) is 0 Å². The standard InChI is InChI=1S/C111H67N7/c112-68-69-37-39-75(40-38-69)111-113-109(108-89-35-19-29-74-30-20-36-90(107(74)89)110(108)114-111)84-57-87(117-103-51-43-78(72-25-11-3-12-26-72)61-93(103)97-65-82(47-55-105(97)117)80-45-53-101-95(63-80)91-59-76(70-21-7-1-8-22-70)41-49-99(91)115(101)85-31-15-5-16-32-85)67-88(58-84)118-104-52-44-79(73-27-13-4-14-28-73)62-94(104)98-66-83(48-56-106(98)118)81-46-54-102-96(64-81)92-60-77(71-23-9-2-10-24-71)42-50-100(92)116(102)86-33-17-6-18-34-86/h1-67H. The van der Waals surface area contributed by atoms with Crippen LogP contribution >= 0.6 is 0 Å². The number of rotatable bonds is 12. The van der Waals surface area contributed by atoms with Gasteiger partial charge in [0.25, 0.3) is 0 Å². The van der Waals surface area contributed by atoms with E-state index in [2.05, 4.69) is 407 Å². The van der Waals surface area contributed by atoms with Crippen molar-refractivity contribution in [3.63, 3.8) is 0 Å². The maximum atomic E-state index is 10.1. The maximum Gasteiger partial charge on any atom is 0.160 e. The fourth-order valence-electron chi connectivity index (χ4n) is 19.0. The molecule has 1 aliphatic carbocycles. The average Bonchev–Trinajstić information content (AvgIpc) is 1.58. The first-order valence-electron chi connectivity index (χ1n) is 40.2. The van der Waals surface area contributed by atoms with Gasteiger partial charge in [-0.3, -0.25) is 0 Å². The van der Waals surface area contributed by atoms with E-state index in [1.54, 1.807) is 0 Å². The average molecular weight is 1500 g/mol. The molecule has 118 heavy (non-hydrogen) atoms. The van der Waals surface area contributed by atoms with Crippen LogP contribution in [0.15, 0.2) is 406 Å². The molecule has 0 saturated heterocycles. The quantitative estimate of drug-likeness (QED) is 0.122. The van der Waals surface area contributed by atoms with Crippen LogP contribution in [-0.2, 0) is 0 Å². The summed E-state index contributed by atoms with van der Waals surface area (Å²) < 4.78 is 9.79. The molecule has 0 amide bonds. The van der Waals surface area contributed by atoms with Gasteiger partial charge < -0.3 is 18.3 Å². The second-order valence-electron chi connectivity index (χ2n) is 31.1. The number of fused-ring (bicyclic) bond motifs is 15. The summed E-state index contributed by atoms with van der Waals surface area (Å²) in [4.78, 5) is 11.4. The third-order valence-electron chi connectivity index (χ3n) is 24.5. The molecule has 1 aliphatic rings. The zero-order valence-corrected chi connectivity index (χ0v) is 63.8. The van der Waals surface area contributed by atoms with E-state index in [4.69, 9.17) is 9.97 Å². The van der Waals surface area contributed by atoms with E-state index in [-0.39, 0.29) is 0 Å². The Kier molecular flexibility index (Phi) is 15.0. The highest BCUT2D eigenvalue weighted by Crippen LogP contribution is 2.52. The SMILES string of the molecule is N#Cc1ccc(-c2nc(-c3cc(-n4c5ccc(-c6ccccc6)cc5c5cc(-c6ccc7c(c6)c6cc(-c8ccccc8)ccc6n7-c6ccccc6)ccc54)cc(-n4c5ccc(-c6ccccc6)cc5c5cc(-c6ccc7c(c6)c6cc(-c8ccccc8)ccc6n7-c6ccccc6)ccc54)c3)c3c(n2)-c2cccc4cccc-3c24)cc1. The van der Waals surface area contributed by atoms with Gasteiger partial charge >= 0.3 is 0 Å². The van der Waals surface area contributed by atoms with Gasteiger partial charge in [-0.2, -0.15) is 5.26 Å². The first-order chi connectivity index (χ1) is 58.4. The number of hydrogen-bond donors (Lipinski definition) is 0. The highest BCUT2D eigenvalue weighted by atomic mass is 15.0. The summed E-state index contributed by atoms with van der Waals surface area (Å²) in [5, 5.41) is 21.7. The Morgan fingerprint density at radius 1 is 0.203 bits per heavy atom. The number of para-hydroxylation sites is 2. The van der Waals surface area contributed by atoms with Crippen molar-refractivity contribution in [3.8, 4) is 141 Å². The molecular formula is C111H67N7. The van der Waals surface area contributed by atoms with E-state index in [1.807, 2.05) is 24.3 Å². The van der Waals surface area contributed by atoms with Crippen LogP contribution < -0.4 is 0 Å². The summed E-state index contributed by atoms with van der Waals surface area (Å²) in [6.45, 7) is 0. The van der Waals surface area contributed by atoms with Crippen LogP contribution in [0.4, 0.5) is 0 Å². The molecule has 0 N–H and O–H groups in total. The molecule has 0 fully saturated rings. The topological polar surface area (TPSA) is 69.3 Å². The highest BCUT2D eigenvalue weighted by Gasteiger charge is 2.31. The molecule has 0 radical (unpaired) electrons. The van der Waals surface area contributed by atoms with E-state index in [9.17, 15) is 5.26 Å². The van der Waals surface area contributed by atoms with Gasteiger partial charge in [0.1, 0.15) is 0 Å². The molecule has 5 heterocycles. The summed E-state index contributed by atoms with van der Waals surface area (Å²) in [5.74, 6) is 0.574. The molecule has 24 rings (SSSR count). The first kappa shape index (κ1) is 66.6. The van der Waals surface area contributed by atoms with E-state index in [0.29, 0.717) is 11.4 Å². The van der Waals surface area contributed by atoms with Crippen molar-refractivity contribution in [2.45, 2.75) is 0 Å². The fourth-order valence-corrected chi connectivity index (χ4v) is 19.0. The molecular weight excluding hydrogens is 1430 g/mol. The predicted octanol–water partition coefficient (Wildman–Crippen LogP) is 28.9. The van der Waals surface area contributed by atoms with E-state index in [0.717, 1.165) is 183 Å². The molecule has 0 aliphatic heterocycles. The zero-order valence-electron chi connectivity index (χ0n) is 63.8. The molecule has 0 unspecified atom stereocenters. The van der Waals surface area contributed by atoms with Crippen LogP contribution in [0.3, 0.4) is 0 Å². The molecule has 0 saturated carbocycles. The van der Waals surface area contributed by atoms with Crippen LogP contribution in [0.1, 0.15) is 5.56 Å². The lowest BCUT2D eigenvalue weighted by Crippen LogP contribution is -2.02. The third kappa shape index (κ3) is 10.6. The molecule has 7 nitrogen and oxygen atoms in total. The van der Waals surface area contributed by atoms with Crippen LogP contribution in [0.2, 0.25) is 0 Å². The summed E-state index contributed by atoms with van der Waals surface area (Å²) >= 11 is 0. The second kappa shape index (κ2) is 26.6. The smallest absolute Gasteiger partial charge is 0.160 e. The van der Waals surface area contributed by atoms with Crippen molar-refractivity contribution >= 4 is 98.0 Å². The van der Waals surface area contributed by atoms with E-state index < -0.39 is 0 Å². The molecule has 18 aromatic carbocycles. The number of nitriles is 1. The van der Waals surface area contributed by atoms with Crippen molar-refractivity contribution < 1.29 is 0 Å². The van der Waals surface area contributed by atoms with Crippen molar-refractivity contribution in [2.75, 3.05) is 0 Å². The lowest BCUT2D eigenvalue weighted by Gasteiger charge is -2.18. The van der Waals surface area contributed by atoms with Crippen molar-refractivity contribution in [2.24, 2.45) is 0 Å². The molecule has 7 heteroatoms. The van der Waals surface area contributed by atoms with Crippen molar-refractivity contribution in [1.29, 1.82) is 5.26 Å². The van der Waals surface area contributed by atoms with Crippen LogP contribution in [0, 0.1) is 11.3 Å². The van der Waals surface area contributed by atoms with Gasteiger partial charge in [0.05, 0.1) is 67.2 Å². The summed E-state index contributed by atoms with van der Waals surface area (Å²) in [5.41, 5.74) is 33.9. The van der Waals surface area contributed by atoms with Crippen LogP contribution in [0.5, 0.6) is 0 Å². The van der Waals surface area contributed by atoms with E-state index >= 15 is 0 Å². The minimum Gasteiger partial charge on any atom is -0.309 e. The number of hydrogen-bond acceptors (Lipinski definition) is 3. The minimum atomic E-state index is 0.569. The molecule has 0 bridgehead atoms. The molecule has 546 valence electrons. The molecule has 23 aromatic rings. The number of aromatic nitrogens is 6. The van der Waals surface area contributed by atoms with Gasteiger partial charge in [-0.25, -0.2) is 9.97 Å². The maximum absolute atomic E-state index is 10.1. The van der Waals surface area contributed by atoms with Gasteiger partial charge in [-0.1, -0.05) is 243 Å².